The molecule has 2 fully saturated rings. The topological polar surface area (TPSA) is 130 Å². The third kappa shape index (κ3) is 11.0. The van der Waals surface area contributed by atoms with Crippen LogP contribution < -0.4 is 19.8 Å². The second-order valence-corrected chi connectivity index (χ2v) is 20.2. The Hall–Kier alpha value is -5.44. The number of carboxylic acids is 1. The van der Waals surface area contributed by atoms with Crippen molar-refractivity contribution >= 4 is 62.1 Å². The largest absolute Gasteiger partial charge is 0.478 e. The third-order valence-corrected chi connectivity index (χ3v) is 15.5. The van der Waals surface area contributed by atoms with Gasteiger partial charge in [-0.1, -0.05) is 54.1 Å². The van der Waals surface area contributed by atoms with Gasteiger partial charge in [0.1, 0.15) is 0 Å². The van der Waals surface area contributed by atoms with Crippen molar-refractivity contribution in [2.75, 3.05) is 71.4 Å². The van der Waals surface area contributed by atoms with Gasteiger partial charge in [0.2, 0.25) is 0 Å². The maximum Gasteiger partial charge on any atom is 0.338 e. The fraction of sp³-hybridized carbons (Fsp3) is 0.314. The van der Waals surface area contributed by atoms with Crippen LogP contribution in [-0.2, 0) is 17.1 Å². The number of thioether (sulfide) groups is 1. The molecule has 6 aromatic rings. The summed E-state index contributed by atoms with van der Waals surface area (Å²) in [6, 6.07) is 38.9. The summed E-state index contributed by atoms with van der Waals surface area (Å²) in [6.07, 6.45) is 2.34. The number of nitrogens with zero attached hydrogens (tertiary/aromatic N) is 4. The second kappa shape index (κ2) is 20.4. The van der Waals surface area contributed by atoms with Gasteiger partial charge >= 0.3 is 5.97 Å². The molecular formula is C51H57ClN6O5S2. The number of anilines is 4. The second-order valence-electron chi connectivity index (χ2n) is 17.0. The lowest BCUT2D eigenvalue weighted by atomic mass is 9.96. The van der Waals surface area contributed by atoms with Crippen molar-refractivity contribution in [3.8, 4) is 22.4 Å². The number of aromatic nitrogens is 1. The molecule has 65 heavy (non-hydrogen) atoms. The van der Waals surface area contributed by atoms with Gasteiger partial charge in [-0.3, -0.25) is 4.72 Å². The van der Waals surface area contributed by atoms with E-state index in [2.05, 4.69) is 49.0 Å². The number of piperazine rings is 1. The molecule has 11 nitrogen and oxygen atoms in total. The van der Waals surface area contributed by atoms with Crippen molar-refractivity contribution in [2.24, 2.45) is 7.05 Å². The number of aryl methyl sites for hydroxylation is 1. The summed E-state index contributed by atoms with van der Waals surface area (Å²) in [4.78, 5) is 21.1. The molecule has 0 saturated carbocycles. The van der Waals surface area contributed by atoms with Crippen LogP contribution in [0.4, 0.5) is 22.7 Å². The SMILES string of the molecule is Cc1cc(S(=O)(=O)Nc2ccc(N3CCN(c4cccc(-c5c(C(=O)O)c(C)n(C)c5-c5ccc(Cl)cc5)c4)CC3)cc2)ccc1N[C@H](CCN1CCC(O)CC1)CSc1ccccc1. The number of hydrogen-bond acceptors (Lipinski definition) is 9. The number of halogens is 1. The van der Waals surface area contributed by atoms with Gasteiger partial charge in [0.15, 0.2) is 0 Å². The fourth-order valence-corrected chi connectivity index (χ4v) is 11.2. The van der Waals surface area contributed by atoms with E-state index in [-0.39, 0.29) is 22.6 Å². The molecule has 5 aromatic carbocycles. The van der Waals surface area contributed by atoms with E-state index >= 15 is 0 Å². The molecule has 2 aliphatic rings. The molecule has 1 aromatic heterocycles. The number of carboxylic acid groups (broad SMARTS) is 1. The Morgan fingerprint density at radius 3 is 2.14 bits per heavy atom. The molecule has 2 aliphatic heterocycles. The predicted molar refractivity (Wildman–Crippen MR) is 267 cm³/mol. The minimum Gasteiger partial charge on any atom is -0.478 e. The molecule has 0 amide bonds. The summed E-state index contributed by atoms with van der Waals surface area (Å²) >= 11 is 8.02. The van der Waals surface area contributed by atoms with Gasteiger partial charge in [0.05, 0.1) is 22.3 Å². The number of aromatic carboxylic acids is 1. The highest BCUT2D eigenvalue weighted by Gasteiger charge is 2.27. The number of piperidine rings is 1. The van der Waals surface area contributed by atoms with Crippen molar-refractivity contribution in [2.45, 2.75) is 55.0 Å². The van der Waals surface area contributed by atoms with Gasteiger partial charge in [-0.25, -0.2) is 13.2 Å². The Labute approximate surface area is 392 Å². The molecule has 0 radical (unpaired) electrons. The number of rotatable bonds is 16. The predicted octanol–water partition coefficient (Wildman–Crippen LogP) is 9.87. The first-order valence-electron chi connectivity index (χ1n) is 22.2. The molecular weight excluding hydrogens is 876 g/mol. The van der Waals surface area contributed by atoms with Crippen LogP contribution in [-0.4, -0.2) is 97.8 Å². The number of aliphatic hydroxyl groups excluding tert-OH is 1. The van der Waals surface area contributed by atoms with Gasteiger partial charge < -0.3 is 34.8 Å². The van der Waals surface area contributed by atoms with E-state index in [4.69, 9.17) is 11.6 Å². The summed E-state index contributed by atoms with van der Waals surface area (Å²) in [5.74, 6) is -0.107. The molecule has 3 heterocycles. The molecule has 14 heteroatoms. The van der Waals surface area contributed by atoms with Crippen LogP contribution >= 0.6 is 23.4 Å². The monoisotopic (exact) mass is 932 g/mol. The highest BCUT2D eigenvalue weighted by Crippen LogP contribution is 2.40. The number of aliphatic hydroxyl groups is 1. The number of likely N-dealkylation sites (tertiary alicyclic amines) is 1. The number of hydrogen-bond donors (Lipinski definition) is 4. The molecule has 340 valence electrons. The van der Waals surface area contributed by atoms with Crippen LogP contribution in [0.25, 0.3) is 22.4 Å². The van der Waals surface area contributed by atoms with Crippen molar-refractivity contribution in [3.63, 3.8) is 0 Å². The fourth-order valence-electron chi connectivity index (χ4n) is 8.90. The van der Waals surface area contributed by atoms with Gasteiger partial charge in [-0.2, -0.15) is 0 Å². The maximum atomic E-state index is 13.7. The van der Waals surface area contributed by atoms with E-state index in [1.807, 2.05) is 122 Å². The third-order valence-electron chi connectivity index (χ3n) is 12.7. The highest BCUT2D eigenvalue weighted by atomic mass is 35.5. The molecule has 2 saturated heterocycles. The molecule has 0 unspecified atom stereocenters. The molecule has 0 bridgehead atoms. The minimum absolute atomic E-state index is 0.159. The quantitative estimate of drug-likeness (QED) is 0.0697. The number of nitrogens with one attached hydrogen (secondary N) is 2. The van der Waals surface area contributed by atoms with Crippen molar-refractivity contribution in [3.05, 3.63) is 143 Å². The van der Waals surface area contributed by atoms with Gasteiger partial charge in [0.25, 0.3) is 10.0 Å². The Balaban J connectivity index is 0.893. The van der Waals surface area contributed by atoms with Crippen LogP contribution in [0.15, 0.2) is 131 Å². The molecule has 4 N–H and O–H groups in total. The first-order chi connectivity index (χ1) is 31.3. The Bertz CT molecular complexity index is 2700. The first-order valence-corrected chi connectivity index (χ1v) is 25.0. The van der Waals surface area contributed by atoms with Crippen LogP contribution in [0.3, 0.4) is 0 Å². The normalized spacial score (nSPS) is 15.5. The maximum absolute atomic E-state index is 13.7. The minimum atomic E-state index is -3.85. The first kappa shape index (κ1) is 46.1. The Morgan fingerprint density at radius 2 is 1.48 bits per heavy atom. The molecule has 0 aliphatic carbocycles. The van der Waals surface area contributed by atoms with Crippen LogP contribution in [0, 0.1) is 13.8 Å². The smallest absolute Gasteiger partial charge is 0.338 e. The Morgan fingerprint density at radius 1 is 0.800 bits per heavy atom. The van der Waals surface area contributed by atoms with Crippen molar-refractivity contribution in [1.29, 1.82) is 0 Å². The molecule has 0 spiro atoms. The summed E-state index contributed by atoms with van der Waals surface area (Å²) in [7, 11) is -1.96. The lowest BCUT2D eigenvalue weighted by molar-refractivity contribution is 0.0696. The van der Waals surface area contributed by atoms with E-state index in [0.717, 1.165) is 110 Å². The number of sulfonamides is 1. The average molecular weight is 934 g/mol. The molecule has 1 atom stereocenters. The lowest BCUT2D eigenvalue weighted by Gasteiger charge is -2.37. The molecule has 8 rings (SSSR count). The number of carbonyl (C=O) groups is 1. The van der Waals surface area contributed by atoms with E-state index in [9.17, 15) is 23.4 Å². The van der Waals surface area contributed by atoms with Crippen LogP contribution in [0.1, 0.15) is 40.9 Å². The van der Waals surface area contributed by atoms with Crippen molar-refractivity contribution in [1.82, 2.24) is 9.47 Å². The zero-order valence-corrected chi connectivity index (χ0v) is 39.5. The van der Waals surface area contributed by atoms with Crippen molar-refractivity contribution < 1.29 is 23.4 Å². The summed E-state index contributed by atoms with van der Waals surface area (Å²) < 4.78 is 32.1. The van der Waals surface area contributed by atoms with Gasteiger partial charge in [-0.15, -0.1) is 11.8 Å². The summed E-state index contributed by atoms with van der Waals surface area (Å²) in [5, 5.41) is 24.7. The van der Waals surface area contributed by atoms with Crippen LogP contribution in [0.5, 0.6) is 0 Å². The standard InChI is InChI=1S/C51H57ClN6O5S2/c1-35-32-46(20-21-47(35)53-41(34-64-45-10-5-4-6-11-45)22-25-56-26-23-44(59)24-27-56)65(62,63)54-40-16-18-42(19-17-40)57-28-30-58(31-29-57)43-9-7-8-38(33-43)49-48(51(60)61)36(2)55(3)50(49)37-12-14-39(52)15-13-37/h4-21,32-33,41,44,53-54,59H,22-31,34H2,1-3H3,(H,60,61)/t41-/m1/s1. The van der Waals surface area contributed by atoms with Gasteiger partial charge in [-0.05, 0) is 129 Å². The summed E-state index contributed by atoms with van der Waals surface area (Å²) in [5.41, 5.74) is 8.46. The highest BCUT2D eigenvalue weighted by molar-refractivity contribution is 7.99. The van der Waals surface area contributed by atoms with Crippen LogP contribution in [0.2, 0.25) is 5.02 Å². The average Bonchev–Trinajstić information content (AvgIpc) is 3.58. The lowest BCUT2D eigenvalue weighted by Crippen LogP contribution is -2.46. The van der Waals surface area contributed by atoms with E-state index in [1.54, 1.807) is 12.1 Å². The van der Waals surface area contributed by atoms with E-state index in [1.165, 1.54) is 4.90 Å². The summed E-state index contributed by atoms with van der Waals surface area (Å²) in [6.45, 7) is 9.52. The zero-order chi connectivity index (χ0) is 45.7. The van der Waals surface area contributed by atoms with Gasteiger partial charge in [0, 0.05) is 109 Å². The Kier molecular flexibility index (Phi) is 14.5. The van der Waals surface area contributed by atoms with E-state index < -0.39 is 16.0 Å². The van der Waals surface area contributed by atoms with E-state index in [0.29, 0.717) is 22.0 Å². The number of benzene rings is 5. The zero-order valence-electron chi connectivity index (χ0n) is 37.1.